The SMILES string of the molecule is COc1ccc(N(C/C=C/c2ccccc2)C(=O)Nc2ccc(Cl)cc2)cc1. The number of carbonyl (C=O) groups is 1. The number of rotatable bonds is 6. The predicted octanol–water partition coefficient (Wildman–Crippen LogP) is 6.10. The number of halogens is 1. The molecule has 0 unspecified atom stereocenters. The minimum absolute atomic E-state index is 0.231. The Bertz CT molecular complexity index is 923. The molecule has 28 heavy (non-hydrogen) atoms. The summed E-state index contributed by atoms with van der Waals surface area (Å²) in [5.74, 6) is 0.738. The summed E-state index contributed by atoms with van der Waals surface area (Å²) in [6, 6.07) is 24.1. The highest BCUT2D eigenvalue weighted by Crippen LogP contribution is 2.21. The maximum absolute atomic E-state index is 12.9. The number of benzene rings is 3. The normalized spacial score (nSPS) is 10.6. The molecule has 0 radical (unpaired) electrons. The third-order valence-electron chi connectivity index (χ3n) is 4.12. The molecule has 0 heterocycles. The van der Waals surface area contributed by atoms with Gasteiger partial charge in [-0.1, -0.05) is 54.1 Å². The van der Waals surface area contributed by atoms with Crippen molar-refractivity contribution in [3.05, 3.63) is 95.5 Å². The van der Waals surface area contributed by atoms with Gasteiger partial charge in [0.15, 0.2) is 0 Å². The zero-order chi connectivity index (χ0) is 19.8. The molecule has 0 aromatic heterocycles. The third-order valence-corrected chi connectivity index (χ3v) is 4.37. The molecule has 0 atom stereocenters. The molecule has 3 aromatic carbocycles. The highest BCUT2D eigenvalue weighted by atomic mass is 35.5. The molecule has 142 valence electrons. The molecule has 0 saturated carbocycles. The minimum atomic E-state index is -0.231. The summed E-state index contributed by atoms with van der Waals surface area (Å²) >= 11 is 5.92. The zero-order valence-corrected chi connectivity index (χ0v) is 16.3. The van der Waals surface area contributed by atoms with Crippen molar-refractivity contribution in [1.82, 2.24) is 0 Å². The van der Waals surface area contributed by atoms with E-state index >= 15 is 0 Å². The molecule has 2 amide bonds. The quantitative estimate of drug-likeness (QED) is 0.550. The van der Waals surface area contributed by atoms with Gasteiger partial charge in [0, 0.05) is 22.9 Å². The molecule has 4 nitrogen and oxygen atoms in total. The molecule has 0 spiro atoms. The van der Waals surface area contributed by atoms with Crippen LogP contribution in [0.5, 0.6) is 5.75 Å². The maximum atomic E-state index is 12.9. The van der Waals surface area contributed by atoms with E-state index in [9.17, 15) is 4.79 Å². The number of nitrogens with zero attached hydrogens (tertiary/aromatic N) is 1. The van der Waals surface area contributed by atoms with E-state index in [1.54, 1.807) is 36.3 Å². The molecule has 1 N–H and O–H groups in total. The second-order valence-corrected chi connectivity index (χ2v) is 6.50. The largest absolute Gasteiger partial charge is 0.497 e. The van der Waals surface area contributed by atoms with Gasteiger partial charge in [0.05, 0.1) is 7.11 Å². The topological polar surface area (TPSA) is 41.6 Å². The van der Waals surface area contributed by atoms with Crippen molar-refractivity contribution in [2.45, 2.75) is 0 Å². The molecule has 0 fully saturated rings. The van der Waals surface area contributed by atoms with Crippen LogP contribution in [0.1, 0.15) is 5.56 Å². The molecule has 0 aliphatic heterocycles. The second-order valence-electron chi connectivity index (χ2n) is 6.06. The van der Waals surface area contributed by atoms with Crippen LogP contribution in [0, 0.1) is 0 Å². The Morgan fingerprint density at radius 1 is 1.00 bits per heavy atom. The van der Waals surface area contributed by atoms with Crippen LogP contribution >= 0.6 is 11.6 Å². The number of anilines is 2. The molecule has 5 heteroatoms. The van der Waals surface area contributed by atoms with E-state index in [2.05, 4.69) is 5.32 Å². The van der Waals surface area contributed by atoms with Crippen molar-refractivity contribution in [3.63, 3.8) is 0 Å². The van der Waals surface area contributed by atoms with E-state index in [0.717, 1.165) is 17.0 Å². The first-order valence-corrected chi connectivity index (χ1v) is 9.23. The summed E-state index contributed by atoms with van der Waals surface area (Å²) in [5, 5.41) is 3.53. The van der Waals surface area contributed by atoms with Crippen LogP contribution in [0.3, 0.4) is 0 Å². The van der Waals surface area contributed by atoms with Crippen molar-refractivity contribution < 1.29 is 9.53 Å². The summed E-state index contributed by atoms with van der Waals surface area (Å²) in [6.07, 6.45) is 3.95. The van der Waals surface area contributed by atoms with Crippen LogP contribution in [0.4, 0.5) is 16.2 Å². The van der Waals surface area contributed by atoms with Crippen LogP contribution in [0.2, 0.25) is 5.02 Å². The first kappa shape index (κ1) is 19.5. The molecule has 3 aromatic rings. The molecule has 0 aliphatic carbocycles. The first-order chi connectivity index (χ1) is 13.7. The standard InChI is InChI=1S/C23H21ClN2O2/c1-28-22-15-13-21(14-16-22)26(17-5-8-18-6-3-2-4-7-18)23(27)25-20-11-9-19(24)10-12-20/h2-16H,17H2,1H3,(H,25,27)/b8-5+. The van der Waals surface area contributed by atoms with E-state index in [0.29, 0.717) is 17.3 Å². The summed E-state index contributed by atoms with van der Waals surface area (Å²) in [5.41, 5.74) is 2.53. The van der Waals surface area contributed by atoms with Gasteiger partial charge < -0.3 is 10.1 Å². The monoisotopic (exact) mass is 392 g/mol. The number of carbonyl (C=O) groups excluding carboxylic acids is 1. The number of hydrogen-bond acceptors (Lipinski definition) is 2. The van der Waals surface area contributed by atoms with Gasteiger partial charge in [-0.15, -0.1) is 0 Å². The number of nitrogens with one attached hydrogen (secondary N) is 1. The van der Waals surface area contributed by atoms with E-state index in [4.69, 9.17) is 16.3 Å². The fourth-order valence-electron chi connectivity index (χ4n) is 2.65. The fourth-order valence-corrected chi connectivity index (χ4v) is 2.78. The number of methoxy groups -OCH3 is 1. The van der Waals surface area contributed by atoms with Crippen LogP contribution in [-0.4, -0.2) is 19.7 Å². The van der Waals surface area contributed by atoms with Crippen molar-refractivity contribution in [1.29, 1.82) is 0 Å². The average Bonchev–Trinajstić information content (AvgIpc) is 2.74. The fraction of sp³-hybridized carbons (Fsp3) is 0.0870. The van der Waals surface area contributed by atoms with Gasteiger partial charge in [-0.25, -0.2) is 4.79 Å². The lowest BCUT2D eigenvalue weighted by Crippen LogP contribution is -2.35. The molecular weight excluding hydrogens is 372 g/mol. The van der Waals surface area contributed by atoms with Gasteiger partial charge in [0.2, 0.25) is 0 Å². The molecule has 3 rings (SSSR count). The Labute approximate surface area is 170 Å². The zero-order valence-electron chi connectivity index (χ0n) is 15.5. The predicted molar refractivity (Wildman–Crippen MR) is 116 cm³/mol. The lowest BCUT2D eigenvalue weighted by Gasteiger charge is -2.22. The second kappa shape index (κ2) is 9.62. The van der Waals surface area contributed by atoms with Crippen molar-refractivity contribution in [3.8, 4) is 5.75 Å². The van der Waals surface area contributed by atoms with Crippen LogP contribution in [-0.2, 0) is 0 Å². The van der Waals surface area contributed by atoms with Gasteiger partial charge in [-0.2, -0.15) is 0 Å². The van der Waals surface area contributed by atoms with E-state index < -0.39 is 0 Å². The van der Waals surface area contributed by atoms with Crippen LogP contribution < -0.4 is 15.0 Å². The van der Waals surface area contributed by atoms with Crippen molar-refractivity contribution in [2.24, 2.45) is 0 Å². The lowest BCUT2D eigenvalue weighted by atomic mass is 10.2. The number of ether oxygens (including phenoxy) is 1. The van der Waals surface area contributed by atoms with Crippen LogP contribution in [0.25, 0.3) is 6.08 Å². The smallest absolute Gasteiger partial charge is 0.326 e. The minimum Gasteiger partial charge on any atom is -0.497 e. The maximum Gasteiger partial charge on any atom is 0.326 e. The first-order valence-electron chi connectivity index (χ1n) is 8.85. The molecule has 0 aliphatic rings. The summed E-state index contributed by atoms with van der Waals surface area (Å²) in [4.78, 5) is 14.6. The summed E-state index contributed by atoms with van der Waals surface area (Å²) in [7, 11) is 1.61. The van der Waals surface area contributed by atoms with Gasteiger partial charge in [0.25, 0.3) is 0 Å². The Morgan fingerprint density at radius 3 is 2.32 bits per heavy atom. The van der Waals surface area contributed by atoms with Crippen LogP contribution in [0.15, 0.2) is 84.9 Å². The van der Waals surface area contributed by atoms with E-state index in [1.807, 2.05) is 66.7 Å². The lowest BCUT2D eigenvalue weighted by molar-refractivity contribution is 0.257. The van der Waals surface area contributed by atoms with E-state index in [-0.39, 0.29) is 6.03 Å². The Balaban J connectivity index is 1.79. The number of amides is 2. The van der Waals surface area contributed by atoms with Gasteiger partial charge >= 0.3 is 6.03 Å². The molecule has 0 bridgehead atoms. The summed E-state index contributed by atoms with van der Waals surface area (Å²) in [6.45, 7) is 0.417. The third kappa shape index (κ3) is 5.38. The summed E-state index contributed by atoms with van der Waals surface area (Å²) < 4.78 is 5.21. The Kier molecular flexibility index (Phi) is 6.71. The number of urea groups is 1. The number of hydrogen-bond donors (Lipinski definition) is 1. The average molecular weight is 393 g/mol. The highest BCUT2D eigenvalue weighted by Gasteiger charge is 2.15. The van der Waals surface area contributed by atoms with Gasteiger partial charge in [-0.3, -0.25) is 4.90 Å². The van der Waals surface area contributed by atoms with Gasteiger partial charge in [0.1, 0.15) is 5.75 Å². The Morgan fingerprint density at radius 2 is 1.68 bits per heavy atom. The van der Waals surface area contributed by atoms with Crippen molar-refractivity contribution >= 4 is 35.1 Å². The molecule has 0 saturated heterocycles. The van der Waals surface area contributed by atoms with Crippen molar-refractivity contribution in [2.75, 3.05) is 23.9 Å². The highest BCUT2D eigenvalue weighted by molar-refractivity contribution is 6.30. The Hall–Kier alpha value is -3.24. The molecular formula is C23H21ClN2O2. The van der Waals surface area contributed by atoms with Gasteiger partial charge in [-0.05, 0) is 54.1 Å². The van der Waals surface area contributed by atoms with E-state index in [1.165, 1.54) is 0 Å².